The van der Waals surface area contributed by atoms with Crippen LogP contribution < -0.4 is 10.6 Å². The fourth-order valence-electron chi connectivity index (χ4n) is 2.89. The Balaban J connectivity index is 1.68. The molecule has 0 spiro atoms. The van der Waals surface area contributed by atoms with Crippen LogP contribution in [0.2, 0.25) is 0 Å². The van der Waals surface area contributed by atoms with E-state index in [9.17, 15) is 9.59 Å². The van der Waals surface area contributed by atoms with Gasteiger partial charge in [-0.1, -0.05) is 6.07 Å². The largest absolute Gasteiger partial charge is 0.356 e. The minimum absolute atomic E-state index is 0.0190. The first kappa shape index (κ1) is 12.2. The summed E-state index contributed by atoms with van der Waals surface area (Å²) >= 11 is 0. The molecule has 0 saturated carbocycles. The van der Waals surface area contributed by atoms with Crippen LogP contribution in [0.1, 0.15) is 40.7 Å². The van der Waals surface area contributed by atoms with Gasteiger partial charge < -0.3 is 10.6 Å². The maximum Gasteiger partial charge on any atom is 0.251 e. The molecule has 1 aromatic carbocycles. The van der Waals surface area contributed by atoms with E-state index in [1.807, 2.05) is 12.1 Å². The maximum absolute atomic E-state index is 12.2. The molecule has 1 atom stereocenters. The van der Waals surface area contributed by atoms with Crippen molar-refractivity contribution in [2.24, 2.45) is 0 Å². The molecule has 2 amide bonds. The number of carbonyl (C=O) groups is 2. The molecule has 1 aliphatic heterocycles. The zero-order valence-electron chi connectivity index (χ0n) is 10.9. The summed E-state index contributed by atoms with van der Waals surface area (Å²) in [5, 5.41) is 5.73. The van der Waals surface area contributed by atoms with Crippen LogP contribution in [0.25, 0.3) is 0 Å². The first-order valence-corrected chi connectivity index (χ1v) is 6.92. The zero-order chi connectivity index (χ0) is 13.2. The molecule has 0 radical (unpaired) electrons. The molecule has 4 heteroatoms. The lowest BCUT2D eigenvalue weighted by molar-refractivity contribution is -0.122. The normalized spacial score (nSPS) is 21.7. The predicted octanol–water partition coefficient (Wildman–Crippen LogP) is 1.18. The molecule has 100 valence electrons. The van der Waals surface area contributed by atoms with Crippen LogP contribution in [0.15, 0.2) is 18.2 Å². The van der Waals surface area contributed by atoms with E-state index in [1.54, 1.807) is 0 Å². The van der Waals surface area contributed by atoms with Crippen LogP contribution in [-0.4, -0.2) is 24.4 Å². The molecule has 1 saturated heterocycles. The molecule has 1 unspecified atom stereocenters. The fourth-order valence-corrected chi connectivity index (χ4v) is 2.89. The van der Waals surface area contributed by atoms with Crippen LogP contribution >= 0.6 is 0 Å². The van der Waals surface area contributed by atoms with Crippen LogP contribution in [0, 0.1) is 0 Å². The smallest absolute Gasteiger partial charge is 0.251 e. The number of hydrogen-bond donors (Lipinski definition) is 2. The molecule has 4 nitrogen and oxygen atoms in total. The first-order chi connectivity index (χ1) is 9.22. The van der Waals surface area contributed by atoms with Crippen molar-refractivity contribution in [1.29, 1.82) is 0 Å². The Morgan fingerprint density at radius 2 is 2.11 bits per heavy atom. The van der Waals surface area contributed by atoms with Gasteiger partial charge in [-0.05, 0) is 48.9 Å². The molecule has 1 fully saturated rings. The Morgan fingerprint density at radius 1 is 1.26 bits per heavy atom. The van der Waals surface area contributed by atoms with Gasteiger partial charge in [-0.2, -0.15) is 0 Å². The van der Waals surface area contributed by atoms with Crippen molar-refractivity contribution in [3.8, 4) is 0 Å². The second-order valence-electron chi connectivity index (χ2n) is 5.35. The van der Waals surface area contributed by atoms with Gasteiger partial charge in [0.1, 0.15) is 0 Å². The van der Waals surface area contributed by atoms with Gasteiger partial charge in [0.25, 0.3) is 5.91 Å². The minimum Gasteiger partial charge on any atom is -0.356 e. The number of nitrogens with one attached hydrogen (secondary N) is 2. The highest BCUT2D eigenvalue weighted by Gasteiger charge is 2.21. The van der Waals surface area contributed by atoms with E-state index in [0.29, 0.717) is 18.5 Å². The van der Waals surface area contributed by atoms with Gasteiger partial charge in [0, 0.05) is 24.6 Å². The highest BCUT2D eigenvalue weighted by molar-refractivity contribution is 5.95. The van der Waals surface area contributed by atoms with Crippen LogP contribution in [0.5, 0.6) is 0 Å². The van der Waals surface area contributed by atoms with E-state index < -0.39 is 0 Å². The molecule has 1 aliphatic carbocycles. The lowest BCUT2D eigenvalue weighted by Gasteiger charge is -2.23. The van der Waals surface area contributed by atoms with Crippen molar-refractivity contribution in [1.82, 2.24) is 10.6 Å². The molecule has 19 heavy (non-hydrogen) atoms. The molecule has 0 bridgehead atoms. The Hall–Kier alpha value is -1.84. The summed E-state index contributed by atoms with van der Waals surface area (Å²) in [6, 6.07) is 5.92. The number of aryl methyl sites for hydroxylation is 2. The molecule has 3 rings (SSSR count). The lowest BCUT2D eigenvalue weighted by Crippen LogP contribution is -2.45. The lowest BCUT2D eigenvalue weighted by atomic mass is 10.0. The monoisotopic (exact) mass is 258 g/mol. The Morgan fingerprint density at radius 3 is 2.95 bits per heavy atom. The van der Waals surface area contributed by atoms with E-state index in [2.05, 4.69) is 16.7 Å². The van der Waals surface area contributed by atoms with Crippen molar-refractivity contribution in [2.75, 3.05) is 6.54 Å². The van der Waals surface area contributed by atoms with Gasteiger partial charge in [0.15, 0.2) is 0 Å². The average Bonchev–Trinajstić information content (AvgIpc) is 2.85. The molecule has 1 aromatic rings. The summed E-state index contributed by atoms with van der Waals surface area (Å²) in [7, 11) is 0. The van der Waals surface area contributed by atoms with Gasteiger partial charge in [-0.3, -0.25) is 9.59 Å². The number of piperidine rings is 1. The van der Waals surface area contributed by atoms with E-state index in [1.165, 1.54) is 17.5 Å². The Kier molecular flexibility index (Phi) is 3.23. The van der Waals surface area contributed by atoms with E-state index >= 15 is 0 Å². The summed E-state index contributed by atoms with van der Waals surface area (Å²) in [5.74, 6) is -0.0418. The molecular weight excluding hydrogens is 240 g/mol. The number of fused-ring (bicyclic) bond motifs is 1. The van der Waals surface area contributed by atoms with E-state index in [-0.39, 0.29) is 17.9 Å². The number of amides is 2. The molecule has 1 heterocycles. The standard InChI is InChI=1S/C15H18N2O2/c18-14-9-13(6-7-16-14)17-15(19)12-5-4-10-2-1-3-11(10)8-12/h4-5,8,13H,1-3,6-7,9H2,(H,16,18)(H,17,19). The van der Waals surface area contributed by atoms with Crippen molar-refractivity contribution in [2.45, 2.75) is 38.1 Å². The zero-order valence-corrected chi connectivity index (χ0v) is 10.9. The fraction of sp³-hybridized carbons (Fsp3) is 0.467. The third-order valence-electron chi connectivity index (χ3n) is 3.94. The van der Waals surface area contributed by atoms with E-state index in [4.69, 9.17) is 0 Å². The van der Waals surface area contributed by atoms with Crippen LogP contribution in [0.3, 0.4) is 0 Å². The number of benzene rings is 1. The third-order valence-corrected chi connectivity index (χ3v) is 3.94. The highest BCUT2D eigenvalue weighted by atomic mass is 16.2. The molecule has 2 N–H and O–H groups in total. The van der Waals surface area contributed by atoms with Crippen molar-refractivity contribution in [3.63, 3.8) is 0 Å². The van der Waals surface area contributed by atoms with Crippen molar-refractivity contribution >= 4 is 11.8 Å². The maximum atomic E-state index is 12.2. The summed E-state index contributed by atoms with van der Waals surface area (Å²) < 4.78 is 0. The number of hydrogen-bond acceptors (Lipinski definition) is 2. The second-order valence-corrected chi connectivity index (χ2v) is 5.35. The van der Waals surface area contributed by atoms with Gasteiger partial charge >= 0.3 is 0 Å². The summed E-state index contributed by atoms with van der Waals surface area (Å²) in [4.78, 5) is 23.5. The third kappa shape index (κ3) is 2.62. The average molecular weight is 258 g/mol. The number of rotatable bonds is 2. The Bertz CT molecular complexity index is 525. The quantitative estimate of drug-likeness (QED) is 0.837. The van der Waals surface area contributed by atoms with Gasteiger partial charge in [0.05, 0.1) is 0 Å². The van der Waals surface area contributed by atoms with E-state index in [0.717, 1.165) is 19.3 Å². The number of carbonyl (C=O) groups excluding carboxylic acids is 2. The van der Waals surface area contributed by atoms with Gasteiger partial charge in [0.2, 0.25) is 5.91 Å². The highest BCUT2D eigenvalue weighted by Crippen LogP contribution is 2.22. The summed E-state index contributed by atoms with van der Waals surface area (Å²) in [5.41, 5.74) is 3.38. The second kappa shape index (κ2) is 5.03. The van der Waals surface area contributed by atoms with Gasteiger partial charge in [-0.15, -0.1) is 0 Å². The summed E-state index contributed by atoms with van der Waals surface area (Å²) in [6.07, 6.45) is 4.57. The SMILES string of the molecule is O=C1CC(NC(=O)c2ccc3c(c2)CCC3)CCN1. The topological polar surface area (TPSA) is 58.2 Å². The molecule has 0 aromatic heterocycles. The predicted molar refractivity (Wildman–Crippen MR) is 72.0 cm³/mol. The van der Waals surface area contributed by atoms with Crippen LogP contribution in [-0.2, 0) is 17.6 Å². The minimum atomic E-state index is -0.0607. The first-order valence-electron chi connectivity index (χ1n) is 6.92. The molecule has 2 aliphatic rings. The van der Waals surface area contributed by atoms with Crippen molar-refractivity contribution < 1.29 is 9.59 Å². The Labute approximate surface area is 112 Å². The summed E-state index contributed by atoms with van der Waals surface area (Å²) in [6.45, 7) is 0.647. The van der Waals surface area contributed by atoms with Crippen molar-refractivity contribution in [3.05, 3.63) is 34.9 Å². The molecular formula is C15H18N2O2. The van der Waals surface area contributed by atoms with Gasteiger partial charge in [-0.25, -0.2) is 0 Å². The van der Waals surface area contributed by atoms with Crippen LogP contribution in [0.4, 0.5) is 0 Å².